The van der Waals surface area contributed by atoms with Crippen LogP contribution in [-0.2, 0) is 42.1 Å². The topological polar surface area (TPSA) is 161 Å². The van der Waals surface area contributed by atoms with Crippen LogP contribution in [0.4, 0.5) is 8.78 Å². The van der Waals surface area contributed by atoms with E-state index in [9.17, 15) is 28.0 Å². The Bertz CT molecular complexity index is 3380. The molecule has 6 aliphatic heterocycles. The van der Waals surface area contributed by atoms with Crippen LogP contribution in [0.15, 0.2) is 108 Å². The number of rotatable bonds is 20. The largest absolute Gasteiger partial charge is 0.491 e. The number of hydrogen-bond donors (Lipinski definition) is 3. The van der Waals surface area contributed by atoms with Gasteiger partial charge in [-0.2, -0.15) is 0 Å². The zero-order valence-corrected chi connectivity index (χ0v) is 53.4. The molecule has 16 nitrogen and oxygen atoms in total. The Kier molecular flexibility index (Phi) is 19.4. The number of carbonyl (C=O) groups is 3. The Labute approximate surface area is 529 Å². The van der Waals surface area contributed by atoms with Crippen molar-refractivity contribution in [3.8, 4) is 22.6 Å². The zero-order valence-electron chi connectivity index (χ0n) is 53.4. The van der Waals surface area contributed by atoms with Gasteiger partial charge in [0.25, 0.3) is 5.56 Å². The number of Topliss-reactive ketones (excluding diaryl/α,β-unsaturated/α-hetero) is 1. The number of carbonyl (C=O) groups excluding carboxylic acids is 3. The lowest BCUT2D eigenvalue weighted by atomic mass is 9.78. The molecule has 482 valence electrons. The van der Waals surface area contributed by atoms with Crippen molar-refractivity contribution in [3.63, 3.8) is 0 Å². The number of nitrogens with zero attached hydrogens (tertiary/aromatic N) is 5. The van der Waals surface area contributed by atoms with Gasteiger partial charge in [-0.3, -0.25) is 38.8 Å². The first-order chi connectivity index (χ1) is 43.2. The van der Waals surface area contributed by atoms with Gasteiger partial charge >= 0.3 is 0 Å². The second-order valence-corrected chi connectivity index (χ2v) is 28.5. The smallest absolute Gasteiger partial charge is 0.251 e. The molecule has 18 heteroatoms. The fourth-order valence-corrected chi connectivity index (χ4v) is 15.6. The van der Waals surface area contributed by atoms with Gasteiger partial charge in [0.05, 0.1) is 38.4 Å². The van der Waals surface area contributed by atoms with Crippen molar-refractivity contribution in [1.29, 1.82) is 0 Å². The van der Waals surface area contributed by atoms with Crippen molar-refractivity contribution >= 4 is 17.6 Å². The van der Waals surface area contributed by atoms with E-state index in [1.807, 2.05) is 35.2 Å². The molecule has 0 radical (unpaired) electrons. The SMILES string of the molecule is C[C@H]1CC[C@H](CN2CCO[C@H](COc3cccc(-c4ccc(OC[C@@H]5CN(C[C@H]6CN[C@H](C)CN6CC(=O)N6CC(C)(C)C7NC(=O)C(Cc8ccc(F)cc8)CC76)CCO5)cc4)c3)C2)N(CC(=O)C2CC(C)(C)c3[nH]c(=O)c(Cc4ccc(F)cc4)cc32)C1. The summed E-state index contributed by atoms with van der Waals surface area (Å²) in [4.78, 5) is 70.6. The molecular formula is C72H92F2N8O8. The number of halogens is 2. The summed E-state index contributed by atoms with van der Waals surface area (Å²) in [6.07, 6.45) is 4.00. The third kappa shape index (κ3) is 15.1. The molecule has 6 fully saturated rings. The maximum atomic E-state index is 14.5. The van der Waals surface area contributed by atoms with Gasteiger partial charge in [-0.25, -0.2) is 8.78 Å². The molecule has 10 atom stereocenters. The number of aromatic nitrogens is 1. The molecule has 90 heavy (non-hydrogen) atoms. The summed E-state index contributed by atoms with van der Waals surface area (Å²) in [5.74, 6) is 1.09. The number of ether oxygens (including phenoxy) is 4. The van der Waals surface area contributed by atoms with Gasteiger partial charge in [-0.1, -0.05) is 83.1 Å². The van der Waals surface area contributed by atoms with Crippen molar-refractivity contribution in [2.75, 3.05) is 105 Å². The van der Waals surface area contributed by atoms with E-state index in [-0.39, 0.29) is 99.9 Å². The summed E-state index contributed by atoms with van der Waals surface area (Å²) in [7, 11) is 0. The van der Waals surface area contributed by atoms with Gasteiger partial charge in [-0.15, -0.1) is 0 Å². The van der Waals surface area contributed by atoms with Crippen LogP contribution in [0.3, 0.4) is 0 Å². The number of amides is 2. The van der Waals surface area contributed by atoms with E-state index in [1.165, 1.54) is 24.3 Å². The van der Waals surface area contributed by atoms with E-state index >= 15 is 0 Å². The molecular weight excluding hydrogens is 1140 g/mol. The lowest BCUT2D eigenvalue weighted by Gasteiger charge is -2.43. The Morgan fingerprint density at radius 2 is 1.37 bits per heavy atom. The van der Waals surface area contributed by atoms with Crippen LogP contribution in [0.2, 0.25) is 0 Å². The molecule has 4 unspecified atom stereocenters. The van der Waals surface area contributed by atoms with Crippen LogP contribution in [0.25, 0.3) is 11.1 Å². The molecule has 3 N–H and O–H groups in total. The summed E-state index contributed by atoms with van der Waals surface area (Å²) in [6, 6.07) is 31.2. The van der Waals surface area contributed by atoms with Crippen molar-refractivity contribution in [3.05, 3.63) is 153 Å². The highest BCUT2D eigenvalue weighted by Gasteiger charge is 2.53. The molecule has 5 aromatic rings. The molecule has 0 spiro atoms. The molecule has 6 saturated heterocycles. The van der Waals surface area contributed by atoms with Gasteiger partial charge in [0.1, 0.15) is 48.6 Å². The molecule has 0 bridgehead atoms. The highest BCUT2D eigenvalue weighted by atomic mass is 19.1. The van der Waals surface area contributed by atoms with Crippen LogP contribution >= 0.6 is 0 Å². The number of piperazine rings is 1. The van der Waals surface area contributed by atoms with E-state index in [4.69, 9.17) is 18.9 Å². The number of ketones is 1. The molecule has 4 aromatic carbocycles. The number of pyridine rings is 1. The average molecular weight is 1240 g/mol. The van der Waals surface area contributed by atoms with Crippen LogP contribution in [0, 0.1) is 28.9 Å². The quantitative estimate of drug-likeness (QED) is 0.0692. The third-order valence-corrected chi connectivity index (χ3v) is 20.5. The molecule has 0 saturated carbocycles. The first-order valence-corrected chi connectivity index (χ1v) is 33.0. The van der Waals surface area contributed by atoms with Gasteiger partial charge in [0.2, 0.25) is 11.8 Å². The molecule has 1 aromatic heterocycles. The highest BCUT2D eigenvalue weighted by molar-refractivity contribution is 5.89. The summed E-state index contributed by atoms with van der Waals surface area (Å²) in [6.45, 7) is 23.3. The zero-order chi connectivity index (χ0) is 62.8. The molecule has 7 heterocycles. The Morgan fingerprint density at radius 1 is 0.711 bits per heavy atom. The monoisotopic (exact) mass is 1230 g/mol. The van der Waals surface area contributed by atoms with Crippen molar-refractivity contribution in [2.45, 2.75) is 134 Å². The number of aromatic amines is 1. The number of benzene rings is 4. The first kappa shape index (κ1) is 63.8. The number of morpholine rings is 2. The van der Waals surface area contributed by atoms with Crippen molar-refractivity contribution in [2.24, 2.45) is 17.3 Å². The normalized spacial score (nSPS) is 28.0. The summed E-state index contributed by atoms with van der Waals surface area (Å²) < 4.78 is 52.7. The van der Waals surface area contributed by atoms with E-state index in [2.05, 4.69) is 101 Å². The van der Waals surface area contributed by atoms with Crippen LogP contribution < -0.4 is 25.7 Å². The minimum Gasteiger partial charge on any atom is -0.491 e. The minimum atomic E-state index is -0.352. The highest BCUT2D eigenvalue weighted by Crippen LogP contribution is 2.46. The predicted octanol–water partition coefficient (Wildman–Crippen LogP) is 7.85. The maximum Gasteiger partial charge on any atom is 0.251 e. The van der Waals surface area contributed by atoms with Gasteiger partial charge < -0.3 is 39.5 Å². The number of nitrogens with one attached hydrogen (secondary N) is 3. The third-order valence-electron chi connectivity index (χ3n) is 20.5. The second kappa shape index (κ2) is 27.4. The standard InChI is InChI=1S/C72H92F2N8O8/c1-46-10-21-56(80(35-46)41-65(83)63-33-71(3,4)67-62(63)31-52(69(85)76-67)28-48-11-17-54(73)18-12-48)37-78-24-26-88-61(39-78)44-90-59-9-7-8-51(30-59)50-15-22-58(23-16-50)89-43-60-40-79(25-27-87-60)38-57-34-75-47(2)36-81(57)42-66(84)82-45-72(5,6)68-64(82)32-53(70(86)77-68)29-49-13-19-55(74)20-14-49/h7-9,11-20,22-23,30-31,46-47,53,56-57,60-61,63-64,68,75H,10,21,24-29,32-45H2,1-6H3,(H,76,85)(H,77,86)/t46-,47+,53?,56+,57+,60-,61-,63?,64?,68?/m0/s1. The van der Waals surface area contributed by atoms with E-state index in [1.54, 1.807) is 24.3 Å². The van der Waals surface area contributed by atoms with Crippen LogP contribution in [0.1, 0.15) is 101 Å². The maximum absolute atomic E-state index is 14.5. The summed E-state index contributed by atoms with van der Waals surface area (Å²) in [5.41, 5.74) is 5.41. The lowest BCUT2D eigenvalue weighted by molar-refractivity contribution is -0.138. The first-order valence-electron chi connectivity index (χ1n) is 33.0. The lowest BCUT2D eigenvalue weighted by Crippen LogP contribution is -2.62. The number of fused-ring (bicyclic) bond motifs is 2. The van der Waals surface area contributed by atoms with Crippen molar-refractivity contribution in [1.82, 2.24) is 40.1 Å². The Balaban J connectivity index is 0.598. The van der Waals surface area contributed by atoms with Gasteiger partial charge in [-0.05, 0) is 127 Å². The minimum absolute atomic E-state index is 0.00531. The molecule has 2 amide bonds. The van der Waals surface area contributed by atoms with E-state index < -0.39 is 0 Å². The van der Waals surface area contributed by atoms with Gasteiger partial charge in [0, 0.05) is 124 Å². The van der Waals surface area contributed by atoms with E-state index in [0.717, 1.165) is 110 Å². The van der Waals surface area contributed by atoms with E-state index in [0.29, 0.717) is 89.8 Å². The Hall–Kier alpha value is -6.38. The fraction of sp³-hybridized carbons (Fsp3) is 0.556. The number of H-pyrrole nitrogens is 1. The number of hydrogen-bond acceptors (Lipinski definition) is 13. The second-order valence-electron chi connectivity index (χ2n) is 28.5. The molecule has 1 aliphatic carbocycles. The van der Waals surface area contributed by atoms with Gasteiger partial charge in [0.15, 0.2) is 5.78 Å². The molecule has 7 aliphatic rings. The fourth-order valence-electron chi connectivity index (χ4n) is 15.6. The Morgan fingerprint density at radius 3 is 2.07 bits per heavy atom. The van der Waals surface area contributed by atoms with Crippen LogP contribution in [-0.4, -0.2) is 194 Å². The van der Waals surface area contributed by atoms with Crippen LogP contribution in [0.5, 0.6) is 11.5 Å². The number of likely N-dealkylation sites (tertiary alicyclic amines) is 2. The number of piperidine rings is 2. The van der Waals surface area contributed by atoms with Crippen molar-refractivity contribution < 1.29 is 42.1 Å². The summed E-state index contributed by atoms with van der Waals surface area (Å²) in [5, 5.41) is 6.97. The average Bonchev–Trinajstić information content (AvgIpc) is 1.88. The summed E-state index contributed by atoms with van der Waals surface area (Å²) >= 11 is 0. The predicted molar refractivity (Wildman–Crippen MR) is 343 cm³/mol. The molecule has 12 rings (SSSR count).